The number of carbonyl (C=O) groups is 1. The molecule has 1 aliphatic carbocycles. The lowest BCUT2D eigenvalue weighted by Gasteiger charge is -2.34. The van der Waals surface area contributed by atoms with Crippen molar-refractivity contribution in [3.63, 3.8) is 0 Å². The molecule has 0 N–H and O–H groups in total. The molecule has 6 heteroatoms. The van der Waals surface area contributed by atoms with E-state index < -0.39 is 0 Å². The van der Waals surface area contributed by atoms with E-state index in [2.05, 4.69) is 32.4 Å². The van der Waals surface area contributed by atoms with Crippen LogP contribution < -0.4 is 0 Å². The van der Waals surface area contributed by atoms with Crippen LogP contribution in [-0.2, 0) is 18.4 Å². The summed E-state index contributed by atoms with van der Waals surface area (Å²) in [5, 5.41) is 6.34. The first kappa shape index (κ1) is 14.9. The number of amides is 1. The maximum absolute atomic E-state index is 12.7. The van der Waals surface area contributed by atoms with Gasteiger partial charge in [0.1, 0.15) is 0 Å². The Kier molecular flexibility index (Phi) is 3.95. The molecule has 122 valence electrons. The van der Waals surface area contributed by atoms with Crippen molar-refractivity contribution in [1.82, 2.24) is 19.6 Å². The van der Waals surface area contributed by atoms with Gasteiger partial charge in [-0.25, -0.2) is 0 Å². The third-order valence-corrected chi connectivity index (χ3v) is 5.77. The number of nitrogens with zero attached hydrogens (tertiary/aromatic N) is 4. The van der Waals surface area contributed by atoms with Gasteiger partial charge >= 0.3 is 0 Å². The van der Waals surface area contributed by atoms with Crippen LogP contribution in [0.4, 0.5) is 0 Å². The van der Waals surface area contributed by atoms with Crippen molar-refractivity contribution in [2.75, 3.05) is 26.2 Å². The highest BCUT2D eigenvalue weighted by atomic mass is 32.1. The summed E-state index contributed by atoms with van der Waals surface area (Å²) in [6, 6.07) is 4.29. The molecule has 0 aromatic carbocycles. The van der Waals surface area contributed by atoms with E-state index in [0.29, 0.717) is 11.8 Å². The largest absolute Gasteiger partial charge is 0.340 e. The van der Waals surface area contributed by atoms with Gasteiger partial charge < -0.3 is 4.90 Å². The minimum atomic E-state index is 0.183. The lowest BCUT2D eigenvalue weighted by molar-refractivity contribution is -0.134. The van der Waals surface area contributed by atoms with Crippen molar-refractivity contribution < 1.29 is 4.79 Å². The van der Waals surface area contributed by atoms with Crippen molar-refractivity contribution in [3.8, 4) is 0 Å². The summed E-state index contributed by atoms with van der Waals surface area (Å²) >= 11 is 1.81. The third-order valence-electron chi connectivity index (χ3n) is 4.90. The smallest absolute Gasteiger partial charge is 0.226 e. The molecule has 2 atom stereocenters. The number of thiophene rings is 1. The van der Waals surface area contributed by atoms with Crippen LogP contribution in [0.1, 0.15) is 22.8 Å². The molecule has 4 rings (SSSR count). The van der Waals surface area contributed by atoms with Crippen LogP contribution in [0, 0.1) is 5.92 Å². The SMILES string of the molecule is Cn1cc(C2CC2C(=O)N2CCN(Cc3cccs3)CC2)cn1. The van der Waals surface area contributed by atoms with Gasteiger partial charge in [0.05, 0.1) is 6.20 Å². The normalized spacial score (nSPS) is 24.8. The number of hydrogen-bond acceptors (Lipinski definition) is 4. The molecular weight excluding hydrogens is 308 g/mol. The molecule has 1 saturated heterocycles. The summed E-state index contributed by atoms with van der Waals surface area (Å²) in [6.45, 7) is 4.70. The minimum Gasteiger partial charge on any atom is -0.340 e. The highest BCUT2D eigenvalue weighted by molar-refractivity contribution is 7.09. The Morgan fingerprint density at radius 1 is 1.35 bits per heavy atom. The van der Waals surface area contributed by atoms with E-state index in [4.69, 9.17) is 0 Å². The van der Waals surface area contributed by atoms with Crippen molar-refractivity contribution in [2.24, 2.45) is 13.0 Å². The first-order chi connectivity index (χ1) is 11.2. The fourth-order valence-corrected chi connectivity index (χ4v) is 4.20. The number of aromatic nitrogens is 2. The van der Waals surface area contributed by atoms with E-state index >= 15 is 0 Å². The molecule has 2 aromatic rings. The molecule has 1 amide bonds. The van der Waals surface area contributed by atoms with Gasteiger partial charge in [-0.05, 0) is 29.3 Å². The number of rotatable bonds is 4. The van der Waals surface area contributed by atoms with Gasteiger partial charge in [0, 0.05) is 56.8 Å². The Hall–Kier alpha value is -1.66. The predicted molar refractivity (Wildman–Crippen MR) is 90.2 cm³/mol. The molecule has 2 fully saturated rings. The molecule has 23 heavy (non-hydrogen) atoms. The number of piperazine rings is 1. The Balaban J connectivity index is 1.28. The van der Waals surface area contributed by atoms with Crippen molar-refractivity contribution in [2.45, 2.75) is 18.9 Å². The molecule has 3 heterocycles. The number of carbonyl (C=O) groups excluding carboxylic acids is 1. The average Bonchev–Trinajstić information content (AvgIpc) is 2.96. The Morgan fingerprint density at radius 2 is 2.17 bits per heavy atom. The summed E-state index contributed by atoms with van der Waals surface area (Å²) in [6.07, 6.45) is 4.92. The number of hydrogen-bond donors (Lipinski definition) is 0. The molecule has 0 spiro atoms. The van der Waals surface area contributed by atoms with E-state index in [0.717, 1.165) is 39.1 Å². The maximum Gasteiger partial charge on any atom is 0.226 e. The Bertz CT molecular complexity index is 673. The lowest BCUT2D eigenvalue weighted by atomic mass is 10.1. The van der Waals surface area contributed by atoms with Gasteiger partial charge in [0.2, 0.25) is 5.91 Å². The van der Waals surface area contributed by atoms with Crippen molar-refractivity contribution in [3.05, 3.63) is 40.3 Å². The monoisotopic (exact) mass is 330 g/mol. The summed E-state index contributed by atoms with van der Waals surface area (Å²) in [5.74, 6) is 0.915. The van der Waals surface area contributed by atoms with Gasteiger partial charge in [-0.3, -0.25) is 14.4 Å². The van der Waals surface area contributed by atoms with Gasteiger partial charge in [0.25, 0.3) is 0 Å². The fraction of sp³-hybridized carbons (Fsp3) is 0.529. The minimum absolute atomic E-state index is 0.183. The van der Waals surface area contributed by atoms with Crippen LogP contribution in [0.5, 0.6) is 0 Å². The van der Waals surface area contributed by atoms with Gasteiger partial charge in [0.15, 0.2) is 0 Å². The zero-order valence-corrected chi connectivity index (χ0v) is 14.2. The lowest BCUT2D eigenvalue weighted by Crippen LogP contribution is -2.48. The van der Waals surface area contributed by atoms with Gasteiger partial charge in [-0.1, -0.05) is 6.07 Å². The first-order valence-electron chi connectivity index (χ1n) is 8.23. The van der Waals surface area contributed by atoms with Gasteiger partial charge in [-0.15, -0.1) is 11.3 Å². The van der Waals surface area contributed by atoms with Crippen LogP contribution >= 0.6 is 11.3 Å². The molecule has 0 bridgehead atoms. The van der Waals surface area contributed by atoms with Crippen LogP contribution in [0.15, 0.2) is 29.9 Å². The molecular formula is C17H22N4OS. The fourth-order valence-electron chi connectivity index (χ4n) is 3.45. The van der Waals surface area contributed by atoms with E-state index in [9.17, 15) is 4.79 Å². The van der Waals surface area contributed by atoms with E-state index in [-0.39, 0.29) is 5.92 Å². The van der Waals surface area contributed by atoms with Crippen LogP contribution in [0.25, 0.3) is 0 Å². The van der Waals surface area contributed by atoms with E-state index in [1.165, 1.54) is 10.4 Å². The molecule has 2 aromatic heterocycles. The quantitative estimate of drug-likeness (QED) is 0.860. The molecule has 0 radical (unpaired) electrons. The van der Waals surface area contributed by atoms with Crippen molar-refractivity contribution in [1.29, 1.82) is 0 Å². The zero-order chi connectivity index (χ0) is 15.8. The Morgan fingerprint density at radius 3 is 2.83 bits per heavy atom. The van der Waals surface area contributed by atoms with Crippen LogP contribution in [0.3, 0.4) is 0 Å². The second-order valence-electron chi connectivity index (χ2n) is 6.58. The summed E-state index contributed by atoms with van der Waals surface area (Å²) in [4.78, 5) is 18.6. The summed E-state index contributed by atoms with van der Waals surface area (Å²) in [7, 11) is 1.93. The second-order valence-corrected chi connectivity index (χ2v) is 7.61. The Labute approximate surface area is 140 Å². The number of aryl methyl sites for hydroxylation is 1. The van der Waals surface area contributed by atoms with Crippen LogP contribution in [-0.4, -0.2) is 51.7 Å². The molecule has 1 aliphatic heterocycles. The molecule has 2 unspecified atom stereocenters. The van der Waals surface area contributed by atoms with Gasteiger partial charge in [-0.2, -0.15) is 5.10 Å². The standard InChI is InChI=1S/C17H22N4OS/c1-19-11-13(10-18-19)15-9-16(15)17(22)21-6-4-20(5-7-21)12-14-3-2-8-23-14/h2-3,8,10-11,15-16H,4-7,9,12H2,1H3. The average molecular weight is 330 g/mol. The zero-order valence-electron chi connectivity index (χ0n) is 13.4. The van der Waals surface area contributed by atoms with E-state index in [1.807, 2.05) is 35.5 Å². The molecule has 5 nitrogen and oxygen atoms in total. The summed E-state index contributed by atoms with van der Waals surface area (Å²) < 4.78 is 1.82. The highest BCUT2D eigenvalue weighted by Crippen LogP contribution is 2.48. The second kappa shape index (κ2) is 6.09. The van der Waals surface area contributed by atoms with Crippen LogP contribution in [0.2, 0.25) is 0 Å². The van der Waals surface area contributed by atoms with E-state index in [1.54, 1.807) is 0 Å². The molecule has 2 aliphatic rings. The molecule has 1 saturated carbocycles. The predicted octanol–water partition coefficient (Wildman–Crippen LogP) is 1.93. The summed E-state index contributed by atoms with van der Waals surface area (Å²) in [5.41, 5.74) is 1.21. The third kappa shape index (κ3) is 3.19. The highest BCUT2D eigenvalue weighted by Gasteiger charge is 2.46. The first-order valence-corrected chi connectivity index (χ1v) is 9.11. The topological polar surface area (TPSA) is 41.4 Å². The maximum atomic E-state index is 12.7. The van der Waals surface area contributed by atoms with Crippen molar-refractivity contribution >= 4 is 17.2 Å².